The Morgan fingerprint density at radius 2 is 2.31 bits per heavy atom. The van der Waals surface area contributed by atoms with Crippen molar-refractivity contribution in [3.05, 3.63) is 35.9 Å². The zero-order chi connectivity index (χ0) is 9.52. The number of benzene rings is 1. The van der Waals surface area contributed by atoms with Gasteiger partial charge in [-0.1, -0.05) is 18.2 Å². The lowest BCUT2D eigenvalue weighted by Crippen LogP contribution is -1.84. The summed E-state index contributed by atoms with van der Waals surface area (Å²) in [5, 5.41) is 0. The molecule has 0 aromatic heterocycles. The van der Waals surface area contributed by atoms with Crippen LogP contribution in [0, 0.1) is 6.07 Å². The SMILES string of the molecule is COC/C=C/c1cc[c]c(OC)c1. The molecule has 0 aliphatic rings. The lowest BCUT2D eigenvalue weighted by molar-refractivity contribution is 0.234. The van der Waals surface area contributed by atoms with Gasteiger partial charge in [0.05, 0.1) is 13.7 Å². The lowest BCUT2D eigenvalue weighted by Gasteiger charge is -1.99. The summed E-state index contributed by atoms with van der Waals surface area (Å²) < 4.78 is 9.93. The minimum Gasteiger partial charge on any atom is -0.496 e. The largest absolute Gasteiger partial charge is 0.496 e. The summed E-state index contributed by atoms with van der Waals surface area (Å²) in [6, 6.07) is 8.69. The van der Waals surface area contributed by atoms with E-state index in [9.17, 15) is 0 Å². The number of ether oxygens (including phenoxy) is 2. The van der Waals surface area contributed by atoms with Crippen molar-refractivity contribution in [2.75, 3.05) is 20.8 Å². The van der Waals surface area contributed by atoms with Gasteiger partial charge in [-0.05, 0) is 17.7 Å². The van der Waals surface area contributed by atoms with Crippen LogP contribution in [0.4, 0.5) is 0 Å². The maximum absolute atomic E-state index is 5.04. The molecule has 69 valence electrons. The zero-order valence-corrected chi connectivity index (χ0v) is 7.91. The average Bonchev–Trinajstić information content (AvgIpc) is 2.19. The third-order valence-corrected chi connectivity index (χ3v) is 1.59. The molecule has 0 spiro atoms. The lowest BCUT2D eigenvalue weighted by atomic mass is 10.2. The van der Waals surface area contributed by atoms with E-state index in [4.69, 9.17) is 9.47 Å². The molecule has 1 radical (unpaired) electrons. The maximum atomic E-state index is 5.04. The fraction of sp³-hybridized carbons (Fsp3) is 0.273. The Morgan fingerprint density at radius 3 is 3.00 bits per heavy atom. The Bertz CT molecular complexity index is 279. The van der Waals surface area contributed by atoms with Gasteiger partial charge in [0.15, 0.2) is 0 Å². The monoisotopic (exact) mass is 177 g/mol. The van der Waals surface area contributed by atoms with Crippen molar-refractivity contribution >= 4 is 6.08 Å². The van der Waals surface area contributed by atoms with E-state index in [-0.39, 0.29) is 0 Å². The number of hydrogen-bond acceptors (Lipinski definition) is 2. The molecule has 0 N–H and O–H groups in total. The van der Waals surface area contributed by atoms with Gasteiger partial charge in [-0.3, -0.25) is 0 Å². The zero-order valence-electron chi connectivity index (χ0n) is 7.91. The molecule has 0 aliphatic heterocycles. The Labute approximate surface area is 78.8 Å². The fourth-order valence-electron chi connectivity index (χ4n) is 0.963. The molecule has 0 aliphatic carbocycles. The topological polar surface area (TPSA) is 18.5 Å². The molecule has 0 unspecified atom stereocenters. The highest BCUT2D eigenvalue weighted by Crippen LogP contribution is 2.12. The van der Waals surface area contributed by atoms with Gasteiger partial charge in [0, 0.05) is 13.2 Å². The predicted octanol–water partition coefficient (Wildman–Crippen LogP) is 2.15. The number of methoxy groups -OCH3 is 2. The second-order valence-corrected chi connectivity index (χ2v) is 2.55. The van der Waals surface area contributed by atoms with Crippen molar-refractivity contribution in [2.24, 2.45) is 0 Å². The fourth-order valence-corrected chi connectivity index (χ4v) is 0.963. The summed E-state index contributed by atoms with van der Waals surface area (Å²) in [7, 11) is 3.30. The van der Waals surface area contributed by atoms with Crippen LogP contribution in [0.1, 0.15) is 5.56 Å². The summed E-state index contributed by atoms with van der Waals surface area (Å²) in [5.74, 6) is 0.750. The van der Waals surface area contributed by atoms with Crippen LogP contribution in [0.15, 0.2) is 24.3 Å². The number of rotatable bonds is 4. The van der Waals surface area contributed by atoms with E-state index in [1.165, 1.54) is 0 Å². The first-order valence-corrected chi connectivity index (χ1v) is 4.08. The quantitative estimate of drug-likeness (QED) is 0.701. The van der Waals surface area contributed by atoms with E-state index in [1.807, 2.05) is 30.4 Å². The highest BCUT2D eigenvalue weighted by molar-refractivity contribution is 5.51. The van der Waals surface area contributed by atoms with E-state index in [0.717, 1.165) is 11.3 Å². The summed E-state index contributed by atoms with van der Waals surface area (Å²) in [6.07, 6.45) is 3.94. The van der Waals surface area contributed by atoms with Crippen LogP contribution < -0.4 is 4.74 Å². The molecule has 0 saturated carbocycles. The van der Waals surface area contributed by atoms with Crippen LogP contribution >= 0.6 is 0 Å². The highest BCUT2D eigenvalue weighted by Gasteiger charge is 1.90. The first-order valence-electron chi connectivity index (χ1n) is 4.08. The Hall–Kier alpha value is -1.28. The van der Waals surface area contributed by atoms with Crippen LogP contribution in [-0.4, -0.2) is 20.8 Å². The first kappa shape index (κ1) is 9.81. The van der Waals surface area contributed by atoms with Gasteiger partial charge in [-0.15, -0.1) is 0 Å². The molecule has 0 fully saturated rings. The standard InChI is InChI=1S/C11H13O2/c1-12-8-4-6-10-5-3-7-11(9-10)13-2/h3-6,9H,8H2,1-2H3/b6-4+. The third kappa shape index (κ3) is 3.30. The van der Waals surface area contributed by atoms with Crippen molar-refractivity contribution in [3.8, 4) is 5.75 Å². The van der Waals surface area contributed by atoms with Crippen LogP contribution in [0.2, 0.25) is 0 Å². The minimum absolute atomic E-state index is 0.626. The molecule has 0 atom stereocenters. The van der Waals surface area contributed by atoms with Gasteiger partial charge in [-0.25, -0.2) is 0 Å². The summed E-state index contributed by atoms with van der Waals surface area (Å²) in [5.41, 5.74) is 1.09. The van der Waals surface area contributed by atoms with E-state index >= 15 is 0 Å². The van der Waals surface area contributed by atoms with Crippen LogP contribution in [0.5, 0.6) is 5.75 Å². The first-order chi connectivity index (χ1) is 6.36. The Balaban J connectivity index is 2.66. The van der Waals surface area contributed by atoms with Crippen molar-refractivity contribution < 1.29 is 9.47 Å². The molecule has 0 amide bonds. The Morgan fingerprint density at radius 1 is 1.46 bits per heavy atom. The van der Waals surface area contributed by atoms with Gasteiger partial charge in [0.2, 0.25) is 0 Å². The van der Waals surface area contributed by atoms with Gasteiger partial charge in [-0.2, -0.15) is 0 Å². The van der Waals surface area contributed by atoms with Crippen molar-refractivity contribution in [1.82, 2.24) is 0 Å². The van der Waals surface area contributed by atoms with Gasteiger partial charge < -0.3 is 9.47 Å². The molecule has 0 saturated heterocycles. The Kier molecular flexibility index (Phi) is 4.06. The normalized spacial score (nSPS) is 10.6. The van der Waals surface area contributed by atoms with E-state index in [0.29, 0.717) is 6.61 Å². The maximum Gasteiger partial charge on any atom is 0.127 e. The highest BCUT2D eigenvalue weighted by atomic mass is 16.5. The van der Waals surface area contributed by atoms with E-state index < -0.39 is 0 Å². The molecule has 0 heterocycles. The van der Waals surface area contributed by atoms with Gasteiger partial charge in [0.25, 0.3) is 0 Å². The molecule has 2 heteroatoms. The summed E-state index contributed by atoms with van der Waals surface area (Å²) in [6.45, 7) is 0.626. The molecular weight excluding hydrogens is 164 g/mol. The van der Waals surface area contributed by atoms with Crippen LogP contribution in [0.25, 0.3) is 6.08 Å². The summed E-state index contributed by atoms with van der Waals surface area (Å²) in [4.78, 5) is 0. The average molecular weight is 177 g/mol. The van der Waals surface area contributed by atoms with Crippen molar-refractivity contribution in [2.45, 2.75) is 0 Å². The van der Waals surface area contributed by atoms with Crippen molar-refractivity contribution in [3.63, 3.8) is 0 Å². The second-order valence-electron chi connectivity index (χ2n) is 2.55. The van der Waals surface area contributed by atoms with Crippen LogP contribution in [-0.2, 0) is 4.74 Å². The molecule has 1 aromatic carbocycles. The minimum atomic E-state index is 0.626. The van der Waals surface area contributed by atoms with Gasteiger partial charge >= 0.3 is 0 Å². The third-order valence-electron chi connectivity index (χ3n) is 1.59. The molecule has 1 rings (SSSR count). The summed E-state index contributed by atoms with van der Waals surface area (Å²) >= 11 is 0. The van der Waals surface area contributed by atoms with E-state index in [1.54, 1.807) is 14.2 Å². The predicted molar refractivity (Wildman–Crippen MR) is 52.7 cm³/mol. The molecule has 1 aromatic rings. The van der Waals surface area contributed by atoms with Gasteiger partial charge in [0.1, 0.15) is 5.75 Å². The van der Waals surface area contributed by atoms with Crippen LogP contribution in [0.3, 0.4) is 0 Å². The molecule has 2 nitrogen and oxygen atoms in total. The second kappa shape index (κ2) is 5.38. The van der Waals surface area contributed by atoms with E-state index in [2.05, 4.69) is 6.07 Å². The smallest absolute Gasteiger partial charge is 0.127 e. The number of hydrogen-bond donors (Lipinski definition) is 0. The molecule has 13 heavy (non-hydrogen) atoms. The molecule has 0 bridgehead atoms. The van der Waals surface area contributed by atoms with Crippen molar-refractivity contribution in [1.29, 1.82) is 0 Å². The molecular formula is C11H13O2.